The second kappa shape index (κ2) is 10.2. The molecule has 5 nitrogen and oxygen atoms in total. The van der Waals surface area contributed by atoms with E-state index in [1.165, 1.54) is 18.2 Å². The number of rotatable bonds is 8. The zero-order chi connectivity index (χ0) is 22.1. The average molecular weight is 416 g/mol. The molecule has 0 bridgehead atoms. The topological polar surface area (TPSA) is 71.3 Å². The summed E-state index contributed by atoms with van der Waals surface area (Å²) in [5.74, 6) is 0.0614. The second-order valence-electron chi connectivity index (χ2n) is 5.94. The Kier molecular flexibility index (Phi) is 7.64. The standard InChI is InChI=1S/C22H19F3N2O3/c1-3-10-30-19-9-8-15(12-20(19)29-4-2)11-16(14-26)21(28)27-18-7-5-6-17(13-18)22(23,24)25/h3,5-9,11-13H,1,4,10H2,2H3,(H,27,28)/b16-11+. The van der Waals surface area contributed by atoms with Crippen molar-refractivity contribution in [3.8, 4) is 17.6 Å². The van der Waals surface area contributed by atoms with Crippen LogP contribution in [0.5, 0.6) is 11.5 Å². The Balaban J connectivity index is 2.26. The van der Waals surface area contributed by atoms with Crippen LogP contribution < -0.4 is 14.8 Å². The van der Waals surface area contributed by atoms with E-state index in [9.17, 15) is 23.2 Å². The molecule has 0 saturated heterocycles. The van der Waals surface area contributed by atoms with Crippen LogP contribution in [-0.2, 0) is 11.0 Å². The highest BCUT2D eigenvalue weighted by Gasteiger charge is 2.30. The maximum absolute atomic E-state index is 12.8. The van der Waals surface area contributed by atoms with E-state index < -0.39 is 17.6 Å². The number of nitriles is 1. The summed E-state index contributed by atoms with van der Waals surface area (Å²) in [5, 5.41) is 11.6. The monoisotopic (exact) mass is 416 g/mol. The number of amides is 1. The van der Waals surface area contributed by atoms with Crippen molar-refractivity contribution < 1.29 is 27.4 Å². The summed E-state index contributed by atoms with van der Waals surface area (Å²) in [5.41, 5.74) is -0.770. The fourth-order valence-corrected chi connectivity index (χ4v) is 2.44. The van der Waals surface area contributed by atoms with E-state index in [0.717, 1.165) is 12.1 Å². The number of hydrogen-bond donors (Lipinski definition) is 1. The Labute approximate surface area is 172 Å². The van der Waals surface area contributed by atoms with Gasteiger partial charge in [-0.1, -0.05) is 24.8 Å². The van der Waals surface area contributed by atoms with Crippen LogP contribution in [0.15, 0.2) is 60.7 Å². The van der Waals surface area contributed by atoms with Gasteiger partial charge in [0.1, 0.15) is 18.2 Å². The Hall–Kier alpha value is -3.73. The number of nitrogens with zero attached hydrogens (tertiary/aromatic N) is 1. The summed E-state index contributed by atoms with van der Waals surface area (Å²) >= 11 is 0. The lowest BCUT2D eigenvalue weighted by molar-refractivity contribution is -0.137. The van der Waals surface area contributed by atoms with Crippen molar-refractivity contribution in [1.82, 2.24) is 0 Å². The number of nitrogens with one attached hydrogen (secondary N) is 1. The highest BCUT2D eigenvalue weighted by atomic mass is 19.4. The maximum atomic E-state index is 12.8. The van der Waals surface area contributed by atoms with Gasteiger partial charge in [0.15, 0.2) is 11.5 Å². The van der Waals surface area contributed by atoms with Crippen LogP contribution in [0.3, 0.4) is 0 Å². The minimum absolute atomic E-state index is 0.0702. The van der Waals surface area contributed by atoms with Crippen LogP contribution in [0.2, 0.25) is 0 Å². The zero-order valence-corrected chi connectivity index (χ0v) is 16.1. The Morgan fingerprint density at radius 3 is 2.60 bits per heavy atom. The van der Waals surface area contributed by atoms with E-state index in [0.29, 0.717) is 23.7 Å². The van der Waals surface area contributed by atoms with E-state index in [1.54, 1.807) is 37.3 Å². The molecule has 0 spiro atoms. The molecule has 8 heteroatoms. The van der Waals surface area contributed by atoms with Gasteiger partial charge in [0.2, 0.25) is 0 Å². The van der Waals surface area contributed by atoms with Gasteiger partial charge in [-0.25, -0.2) is 0 Å². The first-order chi connectivity index (χ1) is 14.3. The van der Waals surface area contributed by atoms with E-state index in [1.807, 2.05) is 0 Å². The number of carbonyl (C=O) groups excluding carboxylic acids is 1. The van der Waals surface area contributed by atoms with Gasteiger partial charge in [-0.3, -0.25) is 4.79 Å². The number of hydrogen-bond acceptors (Lipinski definition) is 4. The molecule has 0 unspecified atom stereocenters. The molecule has 0 aliphatic heterocycles. The third-order valence-electron chi connectivity index (χ3n) is 3.75. The molecule has 0 atom stereocenters. The van der Waals surface area contributed by atoms with Gasteiger partial charge >= 0.3 is 6.18 Å². The van der Waals surface area contributed by atoms with Crippen LogP contribution in [0.4, 0.5) is 18.9 Å². The molecular formula is C22H19F3N2O3. The minimum atomic E-state index is -4.54. The molecule has 0 radical (unpaired) electrons. The van der Waals surface area contributed by atoms with Gasteiger partial charge in [0, 0.05) is 5.69 Å². The van der Waals surface area contributed by atoms with Crippen molar-refractivity contribution in [2.45, 2.75) is 13.1 Å². The van der Waals surface area contributed by atoms with Crippen molar-refractivity contribution in [1.29, 1.82) is 5.26 Å². The molecule has 0 fully saturated rings. The van der Waals surface area contributed by atoms with Gasteiger partial charge in [-0.15, -0.1) is 0 Å². The normalized spacial score (nSPS) is 11.4. The first-order valence-electron chi connectivity index (χ1n) is 8.89. The number of halogens is 3. The Bertz CT molecular complexity index is 992. The van der Waals surface area contributed by atoms with Crippen molar-refractivity contribution in [3.05, 3.63) is 71.8 Å². The third-order valence-corrected chi connectivity index (χ3v) is 3.75. The quantitative estimate of drug-likeness (QED) is 0.364. The van der Waals surface area contributed by atoms with Crippen LogP contribution in [-0.4, -0.2) is 19.1 Å². The van der Waals surface area contributed by atoms with Gasteiger partial charge in [-0.05, 0) is 48.9 Å². The molecule has 2 aromatic rings. The molecule has 2 rings (SSSR count). The predicted molar refractivity (Wildman–Crippen MR) is 107 cm³/mol. The van der Waals surface area contributed by atoms with E-state index in [2.05, 4.69) is 11.9 Å². The minimum Gasteiger partial charge on any atom is -0.490 e. The number of carbonyl (C=O) groups is 1. The number of anilines is 1. The van der Waals surface area contributed by atoms with E-state index >= 15 is 0 Å². The summed E-state index contributed by atoms with van der Waals surface area (Å²) in [4.78, 5) is 12.4. The number of alkyl halides is 3. The van der Waals surface area contributed by atoms with Crippen molar-refractivity contribution in [2.75, 3.05) is 18.5 Å². The molecule has 30 heavy (non-hydrogen) atoms. The lowest BCUT2D eigenvalue weighted by Crippen LogP contribution is -2.14. The molecule has 1 amide bonds. The van der Waals surface area contributed by atoms with Crippen LogP contribution in [0.25, 0.3) is 6.08 Å². The molecule has 0 aromatic heterocycles. The maximum Gasteiger partial charge on any atom is 0.416 e. The second-order valence-corrected chi connectivity index (χ2v) is 5.94. The molecule has 0 saturated carbocycles. The summed E-state index contributed by atoms with van der Waals surface area (Å²) < 4.78 is 49.5. The molecule has 1 N–H and O–H groups in total. The summed E-state index contributed by atoms with van der Waals surface area (Å²) in [6.07, 6.45) is -1.65. The van der Waals surface area contributed by atoms with Crippen molar-refractivity contribution in [2.24, 2.45) is 0 Å². The van der Waals surface area contributed by atoms with E-state index in [-0.39, 0.29) is 17.9 Å². The van der Waals surface area contributed by atoms with E-state index in [4.69, 9.17) is 9.47 Å². The van der Waals surface area contributed by atoms with Crippen molar-refractivity contribution in [3.63, 3.8) is 0 Å². The van der Waals surface area contributed by atoms with Crippen LogP contribution in [0, 0.1) is 11.3 Å². The molecule has 0 aliphatic rings. The SMILES string of the molecule is C=CCOc1ccc(/C=C(\C#N)C(=O)Nc2cccc(C(F)(F)F)c2)cc1OCC. The molecule has 156 valence electrons. The lowest BCUT2D eigenvalue weighted by atomic mass is 10.1. The fourth-order valence-electron chi connectivity index (χ4n) is 2.44. The molecule has 0 heterocycles. The molecule has 2 aromatic carbocycles. The molecular weight excluding hydrogens is 397 g/mol. The van der Waals surface area contributed by atoms with Crippen LogP contribution in [0.1, 0.15) is 18.1 Å². The first-order valence-corrected chi connectivity index (χ1v) is 8.89. The largest absolute Gasteiger partial charge is 0.490 e. The summed E-state index contributed by atoms with van der Waals surface area (Å²) in [6, 6.07) is 10.8. The third kappa shape index (κ3) is 6.14. The molecule has 0 aliphatic carbocycles. The van der Waals surface area contributed by atoms with Gasteiger partial charge in [0.05, 0.1) is 12.2 Å². The van der Waals surface area contributed by atoms with Gasteiger partial charge in [-0.2, -0.15) is 18.4 Å². The zero-order valence-electron chi connectivity index (χ0n) is 16.1. The van der Waals surface area contributed by atoms with Crippen molar-refractivity contribution >= 4 is 17.7 Å². The average Bonchev–Trinajstić information content (AvgIpc) is 2.71. The highest BCUT2D eigenvalue weighted by Crippen LogP contribution is 2.31. The predicted octanol–water partition coefficient (Wildman–Crippen LogP) is 5.21. The summed E-state index contributed by atoms with van der Waals surface area (Å²) in [7, 11) is 0. The highest BCUT2D eigenvalue weighted by molar-refractivity contribution is 6.09. The Morgan fingerprint density at radius 1 is 1.20 bits per heavy atom. The van der Waals surface area contributed by atoms with Gasteiger partial charge in [0.25, 0.3) is 5.91 Å². The lowest BCUT2D eigenvalue weighted by Gasteiger charge is -2.12. The number of ether oxygens (including phenoxy) is 2. The smallest absolute Gasteiger partial charge is 0.416 e. The Morgan fingerprint density at radius 2 is 1.97 bits per heavy atom. The van der Waals surface area contributed by atoms with Crippen LogP contribution >= 0.6 is 0 Å². The number of benzene rings is 2. The fraction of sp³-hybridized carbons (Fsp3) is 0.182. The van der Waals surface area contributed by atoms with Gasteiger partial charge < -0.3 is 14.8 Å². The summed E-state index contributed by atoms with van der Waals surface area (Å²) in [6.45, 7) is 6.02. The first kappa shape index (κ1) is 22.6.